The van der Waals surface area contributed by atoms with Crippen LogP contribution < -0.4 is 0 Å². The molecule has 1 aliphatic heterocycles. The zero-order valence-corrected chi connectivity index (χ0v) is 6.17. The maximum absolute atomic E-state index is 12.1. The molecule has 1 aliphatic rings. The lowest BCUT2D eigenvalue weighted by atomic mass is 9.97. The highest BCUT2D eigenvalue weighted by atomic mass is 19.4. The van der Waals surface area contributed by atoms with Crippen molar-refractivity contribution in [3.8, 4) is 6.07 Å². The second-order valence-corrected chi connectivity index (χ2v) is 2.30. The predicted molar refractivity (Wildman–Crippen MR) is 36.7 cm³/mol. The van der Waals surface area contributed by atoms with Crippen LogP contribution in [0.4, 0.5) is 13.2 Å². The Bertz CT molecular complexity index is 335. The number of hydrogen-bond donors (Lipinski definition) is 0. The Hall–Kier alpha value is -1.64. The van der Waals surface area contributed by atoms with Crippen molar-refractivity contribution in [2.75, 3.05) is 0 Å². The molecule has 1 amide bonds. The summed E-state index contributed by atoms with van der Waals surface area (Å²) < 4.78 is 36.4. The van der Waals surface area contributed by atoms with E-state index >= 15 is 0 Å². The highest BCUT2D eigenvalue weighted by Crippen LogP contribution is 2.32. The van der Waals surface area contributed by atoms with Gasteiger partial charge in [0.1, 0.15) is 0 Å². The van der Waals surface area contributed by atoms with Crippen LogP contribution >= 0.6 is 0 Å². The minimum atomic E-state index is -4.65. The lowest BCUT2D eigenvalue weighted by molar-refractivity contribution is -0.125. The number of allylic oxidation sites excluding steroid dienone is 1. The molecule has 0 aromatic heterocycles. The Labute approximate surface area is 71.2 Å². The number of carbonyl (C=O) groups excluding carboxylic acids is 1. The van der Waals surface area contributed by atoms with E-state index in [4.69, 9.17) is 5.26 Å². The molecule has 1 unspecified atom stereocenters. The molecule has 0 radical (unpaired) electrons. The van der Waals surface area contributed by atoms with Crippen molar-refractivity contribution in [1.82, 2.24) is 0 Å². The normalized spacial score (nSPS) is 22.5. The van der Waals surface area contributed by atoms with Gasteiger partial charge in [0.15, 0.2) is 5.92 Å². The monoisotopic (exact) mass is 188 g/mol. The molecule has 3 nitrogen and oxygen atoms in total. The maximum Gasteiger partial charge on any atom is 0.414 e. The zero-order valence-electron chi connectivity index (χ0n) is 6.17. The van der Waals surface area contributed by atoms with E-state index in [1.54, 1.807) is 0 Å². The zero-order chi connectivity index (χ0) is 10.1. The van der Waals surface area contributed by atoms with Crippen LogP contribution in [0.2, 0.25) is 0 Å². The molecule has 6 heteroatoms. The van der Waals surface area contributed by atoms with Crippen molar-refractivity contribution in [1.29, 1.82) is 5.26 Å². The van der Waals surface area contributed by atoms with Gasteiger partial charge in [-0.1, -0.05) is 0 Å². The third kappa shape index (κ3) is 1.75. The van der Waals surface area contributed by atoms with Crippen molar-refractivity contribution >= 4 is 12.1 Å². The van der Waals surface area contributed by atoms with Gasteiger partial charge >= 0.3 is 6.18 Å². The van der Waals surface area contributed by atoms with Crippen LogP contribution in [-0.2, 0) is 4.79 Å². The molecule has 0 aromatic rings. The largest absolute Gasteiger partial charge is 0.414 e. The fraction of sp³-hybridized carbons (Fsp3) is 0.286. The van der Waals surface area contributed by atoms with Gasteiger partial charge < -0.3 is 0 Å². The highest BCUT2D eigenvalue weighted by Gasteiger charge is 2.42. The fourth-order valence-corrected chi connectivity index (χ4v) is 0.878. The molecular formula is C7H3F3N2O. The molecule has 13 heavy (non-hydrogen) atoms. The highest BCUT2D eigenvalue weighted by molar-refractivity contribution is 5.97. The molecule has 0 saturated heterocycles. The molecule has 0 fully saturated rings. The number of nitriles is 1. The molecule has 0 saturated carbocycles. The lowest BCUT2D eigenvalue weighted by Crippen LogP contribution is -2.26. The first-order valence-electron chi connectivity index (χ1n) is 3.21. The second-order valence-electron chi connectivity index (χ2n) is 2.30. The van der Waals surface area contributed by atoms with Gasteiger partial charge in [0.25, 0.3) is 5.91 Å². The number of carbonyl (C=O) groups is 1. The number of alkyl halides is 3. The predicted octanol–water partition coefficient (Wildman–Crippen LogP) is 1.23. The summed E-state index contributed by atoms with van der Waals surface area (Å²) in [6, 6.07) is 1.26. The second kappa shape index (κ2) is 3.01. The van der Waals surface area contributed by atoms with E-state index in [0.29, 0.717) is 6.08 Å². The number of dihydropyridines is 1. The van der Waals surface area contributed by atoms with Crippen molar-refractivity contribution in [2.24, 2.45) is 10.9 Å². The molecule has 0 aliphatic carbocycles. The minimum Gasteiger partial charge on any atom is -0.271 e. The third-order valence-corrected chi connectivity index (χ3v) is 1.47. The summed E-state index contributed by atoms with van der Waals surface area (Å²) in [5, 5.41) is 8.31. The Kier molecular flexibility index (Phi) is 2.19. The van der Waals surface area contributed by atoms with Crippen LogP contribution in [0.5, 0.6) is 0 Å². The van der Waals surface area contributed by atoms with Gasteiger partial charge in [0.05, 0.1) is 11.6 Å². The summed E-state index contributed by atoms with van der Waals surface area (Å²) in [5.74, 6) is -2.89. The molecule has 0 bridgehead atoms. The Morgan fingerprint density at radius 2 is 2.15 bits per heavy atom. The molecular weight excluding hydrogens is 185 g/mol. The average Bonchev–Trinajstić information content (AvgIpc) is 2.02. The Morgan fingerprint density at radius 1 is 1.54 bits per heavy atom. The Balaban J connectivity index is 3.09. The van der Waals surface area contributed by atoms with Crippen molar-refractivity contribution in [3.05, 3.63) is 11.6 Å². The minimum absolute atomic E-state index is 0.634. The van der Waals surface area contributed by atoms with E-state index in [0.717, 1.165) is 6.21 Å². The number of halogens is 3. The molecule has 1 rings (SSSR count). The van der Waals surface area contributed by atoms with Crippen LogP contribution in [0.15, 0.2) is 16.6 Å². The van der Waals surface area contributed by atoms with E-state index in [1.807, 2.05) is 0 Å². The summed E-state index contributed by atoms with van der Waals surface area (Å²) >= 11 is 0. The van der Waals surface area contributed by atoms with E-state index < -0.39 is 23.6 Å². The van der Waals surface area contributed by atoms with Gasteiger partial charge in [-0.05, 0) is 6.08 Å². The van der Waals surface area contributed by atoms with Crippen LogP contribution in [0.1, 0.15) is 0 Å². The van der Waals surface area contributed by atoms with Crippen LogP contribution in [0, 0.1) is 17.2 Å². The third-order valence-electron chi connectivity index (χ3n) is 1.47. The lowest BCUT2D eigenvalue weighted by Gasteiger charge is -2.15. The van der Waals surface area contributed by atoms with Crippen LogP contribution in [0.3, 0.4) is 0 Å². The maximum atomic E-state index is 12.1. The van der Waals surface area contributed by atoms with Gasteiger partial charge in [-0.15, -0.1) is 0 Å². The van der Waals surface area contributed by atoms with Crippen LogP contribution in [0.25, 0.3) is 0 Å². The topological polar surface area (TPSA) is 53.2 Å². The first-order valence-corrected chi connectivity index (χ1v) is 3.21. The van der Waals surface area contributed by atoms with Gasteiger partial charge in [-0.2, -0.15) is 18.4 Å². The summed E-state index contributed by atoms with van der Waals surface area (Å²) in [6.45, 7) is 0. The number of hydrogen-bond acceptors (Lipinski definition) is 2. The van der Waals surface area contributed by atoms with Gasteiger partial charge in [-0.25, -0.2) is 4.99 Å². The molecule has 1 atom stereocenters. The summed E-state index contributed by atoms with van der Waals surface area (Å²) in [5.41, 5.74) is -1.16. The fourth-order valence-electron chi connectivity index (χ4n) is 0.878. The average molecular weight is 188 g/mol. The van der Waals surface area contributed by atoms with Gasteiger partial charge in [0.2, 0.25) is 0 Å². The van der Waals surface area contributed by atoms with E-state index in [-0.39, 0.29) is 0 Å². The summed E-state index contributed by atoms with van der Waals surface area (Å²) in [4.78, 5) is 13.8. The Morgan fingerprint density at radius 3 is 2.54 bits per heavy atom. The smallest absolute Gasteiger partial charge is 0.271 e. The SMILES string of the molecule is N#CC1C(=O)N=CC=C1C(F)(F)F. The number of amides is 1. The molecule has 0 spiro atoms. The number of rotatable bonds is 0. The number of aliphatic imine (C=N–C) groups is 1. The van der Waals surface area contributed by atoms with E-state index in [9.17, 15) is 18.0 Å². The van der Waals surface area contributed by atoms with Crippen molar-refractivity contribution in [2.45, 2.75) is 6.18 Å². The molecule has 1 heterocycles. The first kappa shape index (κ1) is 9.45. The van der Waals surface area contributed by atoms with E-state index in [2.05, 4.69) is 4.99 Å². The first-order chi connectivity index (χ1) is 5.96. The number of nitrogens with zero attached hydrogens (tertiary/aromatic N) is 2. The van der Waals surface area contributed by atoms with Gasteiger partial charge in [0, 0.05) is 6.21 Å². The van der Waals surface area contributed by atoms with E-state index in [1.165, 1.54) is 6.07 Å². The quantitative estimate of drug-likeness (QED) is 0.574. The molecule has 0 aromatic carbocycles. The molecule has 0 N–H and O–H groups in total. The molecule has 68 valence electrons. The summed E-state index contributed by atoms with van der Waals surface area (Å²) in [7, 11) is 0. The van der Waals surface area contributed by atoms with Crippen molar-refractivity contribution < 1.29 is 18.0 Å². The summed E-state index contributed by atoms with van der Waals surface area (Å²) in [6.07, 6.45) is -3.27. The van der Waals surface area contributed by atoms with Crippen LogP contribution in [-0.4, -0.2) is 18.3 Å². The van der Waals surface area contributed by atoms with Gasteiger partial charge in [-0.3, -0.25) is 4.79 Å². The standard InChI is InChI=1S/C7H3F3N2O/c8-7(9,10)5-1-2-12-6(13)4(5)3-11/h1-2,4H. The van der Waals surface area contributed by atoms with Crippen molar-refractivity contribution in [3.63, 3.8) is 0 Å².